The lowest BCUT2D eigenvalue weighted by atomic mass is 9.87. The number of carboxylic acids is 1. The first-order valence-corrected chi connectivity index (χ1v) is 14.9. The van der Waals surface area contributed by atoms with Crippen molar-refractivity contribution >= 4 is 27.6 Å². The maximum Gasteiger partial charge on any atom is 0.339 e. The van der Waals surface area contributed by atoms with Crippen molar-refractivity contribution in [1.82, 2.24) is 14.3 Å². The molecule has 2 aromatic carbocycles. The normalized spacial score (nSPS) is 17.8. The Morgan fingerprint density at radius 1 is 0.953 bits per heavy atom. The number of carbonyl (C=O) groups excluding carboxylic acids is 1. The van der Waals surface area contributed by atoms with Crippen LogP contribution in [-0.2, 0) is 21.4 Å². The molecule has 0 unspecified atom stereocenters. The zero-order valence-electron chi connectivity index (χ0n) is 22.5. The van der Waals surface area contributed by atoms with Gasteiger partial charge in [0.05, 0.1) is 24.1 Å². The van der Waals surface area contributed by atoms with Crippen LogP contribution in [0.25, 0.3) is 0 Å². The monoisotopic (exact) mass is 622 g/mol. The second-order valence-corrected chi connectivity index (χ2v) is 12.2. The Labute approximate surface area is 243 Å². The van der Waals surface area contributed by atoms with Gasteiger partial charge in [-0.05, 0) is 31.4 Å². The van der Waals surface area contributed by atoms with Gasteiger partial charge in [-0.15, -0.1) is 0 Å². The van der Waals surface area contributed by atoms with Gasteiger partial charge in [0.1, 0.15) is 23.2 Å². The predicted molar refractivity (Wildman–Crippen MR) is 143 cm³/mol. The Morgan fingerprint density at radius 2 is 1.67 bits per heavy atom. The van der Waals surface area contributed by atoms with Crippen LogP contribution in [0.15, 0.2) is 41.6 Å². The van der Waals surface area contributed by atoms with Crippen LogP contribution in [0.2, 0.25) is 0 Å². The summed E-state index contributed by atoms with van der Waals surface area (Å²) >= 11 is 0. The van der Waals surface area contributed by atoms with Crippen molar-refractivity contribution in [3.63, 3.8) is 0 Å². The topological polar surface area (TPSA) is 141 Å². The lowest BCUT2D eigenvalue weighted by Gasteiger charge is -2.41. The number of aromatic hydroxyl groups is 1. The van der Waals surface area contributed by atoms with Gasteiger partial charge < -0.3 is 15.1 Å². The van der Waals surface area contributed by atoms with Gasteiger partial charge in [0.15, 0.2) is 22.3 Å². The number of carboxylic acid groups (broad SMARTS) is 1. The van der Waals surface area contributed by atoms with Gasteiger partial charge in [0.2, 0.25) is 15.9 Å². The Morgan fingerprint density at radius 3 is 2.26 bits per heavy atom. The molecule has 2 aliphatic rings. The minimum atomic E-state index is -5.16. The highest BCUT2D eigenvalue weighted by Crippen LogP contribution is 2.35. The SMILES string of the molecule is O=C(O)c1ccc(N(Cc2cnc(C3CCCCC3)cn2)C(=O)[C@H]2CCN2S(=O)(=O)c2c(F)cc(F)c(F)c2F)cc1O. The molecule has 10 nitrogen and oxygen atoms in total. The van der Waals surface area contributed by atoms with Gasteiger partial charge in [-0.25, -0.2) is 30.8 Å². The average molecular weight is 623 g/mol. The van der Waals surface area contributed by atoms with Crippen molar-refractivity contribution in [3.05, 3.63) is 76.9 Å². The summed E-state index contributed by atoms with van der Waals surface area (Å²) in [4.78, 5) is 33.4. The molecule has 0 bridgehead atoms. The molecule has 15 heteroatoms. The molecule has 43 heavy (non-hydrogen) atoms. The largest absolute Gasteiger partial charge is 0.507 e. The summed E-state index contributed by atoms with van der Waals surface area (Å²) in [6, 6.07) is 1.64. The Balaban J connectivity index is 1.47. The zero-order chi connectivity index (χ0) is 31.1. The first kappa shape index (κ1) is 30.4. The molecule has 228 valence electrons. The lowest BCUT2D eigenvalue weighted by molar-refractivity contribution is -0.125. The van der Waals surface area contributed by atoms with Gasteiger partial charge >= 0.3 is 5.97 Å². The fourth-order valence-corrected chi connectivity index (χ4v) is 7.10. The van der Waals surface area contributed by atoms with E-state index in [2.05, 4.69) is 9.97 Å². The molecule has 5 rings (SSSR count). The number of anilines is 1. The van der Waals surface area contributed by atoms with Crippen molar-refractivity contribution in [2.24, 2.45) is 0 Å². The average Bonchev–Trinajstić information content (AvgIpc) is 2.94. The minimum absolute atomic E-state index is 0.0277. The number of benzene rings is 2. The van der Waals surface area contributed by atoms with Crippen molar-refractivity contribution in [2.45, 2.75) is 61.9 Å². The second-order valence-electron chi connectivity index (χ2n) is 10.4. The first-order chi connectivity index (χ1) is 20.4. The minimum Gasteiger partial charge on any atom is -0.507 e. The maximum atomic E-state index is 14.4. The van der Waals surface area contributed by atoms with Crippen LogP contribution < -0.4 is 4.90 Å². The Kier molecular flexibility index (Phi) is 8.38. The summed E-state index contributed by atoms with van der Waals surface area (Å²) in [6.45, 7) is -0.648. The second kappa shape index (κ2) is 11.9. The van der Waals surface area contributed by atoms with Gasteiger partial charge in [0, 0.05) is 36.5 Å². The van der Waals surface area contributed by atoms with E-state index in [9.17, 15) is 45.8 Å². The van der Waals surface area contributed by atoms with Crippen LogP contribution in [0.4, 0.5) is 23.2 Å². The number of nitrogens with zero attached hydrogens (tertiary/aromatic N) is 4. The molecular formula is C28H26F4N4O6S. The van der Waals surface area contributed by atoms with Gasteiger partial charge in [0.25, 0.3) is 0 Å². The Bertz CT molecular complexity index is 1680. The summed E-state index contributed by atoms with van der Waals surface area (Å²) in [6.07, 6.45) is 8.20. The van der Waals surface area contributed by atoms with Crippen LogP contribution in [0, 0.1) is 23.3 Å². The van der Waals surface area contributed by atoms with Crippen LogP contribution in [0.1, 0.15) is 66.2 Å². The molecule has 0 spiro atoms. The van der Waals surface area contributed by atoms with Gasteiger partial charge in [-0.1, -0.05) is 19.3 Å². The van der Waals surface area contributed by atoms with E-state index < -0.39 is 67.4 Å². The molecule has 1 aliphatic heterocycles. The molecule has 3 aromatic rings. The molecule has 1 aromatic heterocycles. The van der Waals surface area contributed by atoms with Crippen LogP contribution >= 0.6 is 0 Å². The van der Waals surface area contributed by atoms with E-state index >= 15 is 0 Å². The number of halogens is 4. The van der Waals surface area contributed by atoms with E-state index in [1.165, 1.54) is 12.3 Å². The van der Waals surface area contributed by atoms with Crippen LogP contribution in [0.3, 0.4) is 0 Å². The van der Waals surface area contributed by atoms with Crippen LogP contribution in [-0.4, -0.2) is 57.4 Å². The Hall–Kier alpha value is -4.11. The predicted octanol–water partition coefficient (Wildman–Crippen LogP) is 4.48. The molecule has 1 saturated heterocycles. The first-order valence-electron chi connectivity index (χ1n) is 13.4. The summed E-state index contributed by atoms with van der Waals surface area (Å²) in [5, 5.41) is 19.6. The smallest absolute Gasteiger partial charge is 0.339 e. The molecule has 2 N–H and O–H groups in total. The summed E-state index contributed by atoms with van der Waals surface area (Å²) in [7, 11) is -5.16. The molecule has 2 heterocycles. The summed E-state index contributed by atoms with van der Waals surface area (Å²) < 4.78 is 83.0. The standard InChI is InChI=1S/C28H26F4N4O6S/c29-19-11-20(30)26(25(32)24(19)31)43(41,42)36-9-8-22(36)27(38)35(17-6-7-18(28(39)40)23(37)10-17)14-16-12-34-21(13-33-16)15-4-2-1-3-5-15/h6-7,10-13,15,22,37H,1-5,8-9,14H2,(H,39,40)/t22-/m1/s1. The number of hydrogen-bond acceptors (Lipinski definition) is 7. The van der Waals surface area contributed by atoms with E-state index in [-0.39, 0.29) is 42.9 Å². The number of aromatic nitrogens is 2. The van der Waals surface area contributed by atoms with E-state index in [1.54, 1.807) is 6.20 Å². The number of aromatic carboxylic acids is 1. The summed E-state index contributed by atoms with van der Waals surface area (Å²) in [5.41, 5.74) is 0.586. The van der Waals surface area contributed by atoms with Crippen molar-refractivity contribution in [1.29, 1.82) is 0 Å². The molecule has 1 amide bonds. The van der Waals surface area contributed by atoms with E-state index in [0.29, 0.717) is 4.31 Å². The molecular weight excluding hydrogens is 596 g/mol. The van der Waals surface area contributed by atoms with Crippen molar-refractivity contribution in [2.75, 3.05) is 11.4 Å². The number of rotatable bonds is 8. The maximum absolute atomic E-state index is 14.4. The van der Waals surface area contributed by atoms with Crippen LogP contribution in [0.5, 0.6) is 5.75 Å². The third-order valence-corrected chi connectivity index (χ3v) is 9.70. The van der Waals surface area contributed by atoms with E-state index in [0.717, 1.165) is 54.8 Å². The fourth-order valence-electron chi connectivity index (χ4n) is 5.36. The van der Waals surface area contributed by atoms with Crippen molar-refractivity contribution in [3.8, 4) is 5.75 Å². The fraction of sp³-hybridized carbons (Fsp3) is 0.357. The number of amides is 1. The number of phenols is 1. The summed E-state index contributed by atoms with van der Waals surface area (Å²) in [5.74, 6) is -11.0. The lowest BCUT2D eigenvalue weighted by Crippen LogP contribution is -2.59. The molecule has 1 atom stereocenters. The highest BCUT2D eigenvalue weighted by Gasteiger charge is 2.47. The van der Waals surface area contributed by atoms with E-state index in [4.69, 9.17) is 0 Å². The highest BCUT2D eigenvalue weighted by atomic mass is 32.2. The molecule has 1 aliphatic carbocycles. The van der Waals surface area contributed by atoms with Crippen molar-refractivity contribution < 1.29 is 45.8 Å². The third kappa shape index (κ3) is 5.78. The van der Waals surface area contributed by atoms with Gasteiger partial charge in [-0.2, -0.15) is 4.31 Å². The highest BCUT2D eigenvalue weighted by molar-refractivity contribution is 7.89. The quantitative estimate of drug-likeness (QED) is 0.213. The molecule has 0 radical (unpaired) electrons. The van der Waals surface area contributed by atoms with E-state index in [1.807, 2.05) is 0 Å². The molecule has 1 saturated carbocycles. The third-order valence-electron chi connectivity index (χ3n) is 7.75. The number of sulfonamides is 1. The zero-order valence-corrected chi connectivity index (χ0v) is 23.3. The number of carbonyl (C=O) groups is 2. The van der Waals surface area contributed by atoms with Gasteiger partial charge in [-0.3, -0.25) is 14.8 Å². The molecule has 2 fully saturated rings. The number of hydrogen-bond donors (Lipinski definition) is 2.